The summed E-state index contributed by atoms with van der Waals surface area (Å²) in [7, 11) is 0. The highest BCUT2D eigenvalue weighted by molar-refractivity contribution is 7.71. The van der Waals surface area contributed by atoms with E-state index in [1.54, 1.807) is 18.2 Å². The molecule has 0 atom stereocenters. The number of nitrogens with zero attached hydrogens (tertiary/aromatic N) is 2. The molecule has 5 nitrogen and oxygen atoms in total. The number of rotatable bonds is 1. The molecule has 0 aliphatic heterocycles. The maximum atomic E-state index is 11.6. The molecule has 0 amide bonds. The number of hydrogen-bond donors (Lipinski definition) is 2. The van der Waals surface area contributed by atoms with Crippen LogP contribution < -0.4 is 5.69 Å². The van der Waals surface area contributed by atoms with E-state index in [0.29, 0.717) is 10.7 Å². The Hall–Kier alpha value is -1.92. The summed E-state index contributed by atoms with van der Waals surface area (Å²) in [5.41, 5.74) is 1.82. The predicted octanol–water partition coefficient (Wildman–Crippen LogP) is 2.40. The fourth-order valence-corrected chi connectivity index (χ4v) is 2.00. The Morgan fingerprint density at radius 2 is 2.00 bits per heavy atom. The van der Waals surface area contributed by atoms with Crippen LogP contribution in [0, 0.1) is 4.77 Å². The molecule has 0 fully saturated rings. The summed E-state index contributed by atoms with van der Waals surface area (Å²) in [6.45, 7) is 0. The van der Waals surface area contributed by atoms with Gasteiger partial charge in [-0.15, -0.1) is 0 Å². The van der Waals surface area contributed by atoms with Crippen LogP contribution in [0.15, 0.2) is 35.1 Å². The highest BCUT2D eigenvalue weighted by atomic mass is 35.5. The van der Waals surface area contributed by atoms with Crippen LogP contribution in [0.5, 0.6) is 0 Å². The molecule has 3 rings (SSSR count). The smallest absolute Gasteiger partial charge is 0.288 e. The maximum absolute atomic E-state index is 11.6. The molecule has 18 heavy (non-hydrogen) atoms. The Balaban J connectivity index is 2.25. The van der Waals surface area contributed by atoms with Crippen molar-refractivity contribution in [3.05, 3.63) is 50.6 Å². The Labute approximate surface area is 111 Å². The lowest BCUT2D eigenvalue weighted by molar-refractivity contribution is 0.836. The zero-order chi connectivity index (χ0) is 12.7. The van der Waals surface area contributed by atoms with E-state index in [4.69, 9.17) is 23.8 Å². The van der Waals surface area contributed by atoms with E-state index < -0.39 is 0 Å². The van der Waals surface area contributed by atoms with Crippen molar-refractivity contribution in [2.75, 3.05) is 0 Å². The quantitative estimate of drug-likeness (QED) is 0.672. The van der Waals surface area contributed by atoms with Crippen molar-refractivity contribution in [1.82, 2.24) is 19.6 Å². The van der Waals surface area contributed by atoms with Gasteiger partial charge in [-0.05, 0) is 29.9 Å². The molecule has 0 aliphatic carbocycles. The number of fused-ring (bicyclic) bond motifs is 1. The first-order valence-electron chi connectivity index (χ1n) is 5.11. The van der Waals surface area contributed by atoms with E-state index in [1.165, 1.54) is 4.52 Å². The Bertz CT molecular complexity index is 831. The van der Waals surface area contributed by atoms with Gasteiger partial charge in [0.2, 0.25) is 4.77 Å². The number of aromatic nitrogens is 4. The van der Waals surface area contributed by atoms with Crippen LogP contribution in [0.3, 0.4) is 0 Å². The first-order valence-corrected chi connectivity index (χ1v) is 5.90. The highest BCUT2D eigenvalue weighted by Gasteiger charge is 2.05. The molecule has 0 aliphatic rings. The highest BCUT2D eigenvalue weighted by Crippen LogP contribution is 2.20. The van der Waals surface area contributed by atoms with E-state index in [2.05, 4.69) is 15.1 Å². The van der Waals surface area contributed by atoms with Crippen LogP contribution >= 0.6 is 23.8 Å². The molecule has 90 valence electrons. The topological polar surface area (TPSA) is 66.0 Å². The third-order valence-electron chi connectivity index (χ3n) is 2.52. The van der Waals surface area contributed by atoms with Crippen LogP contribution in [0.1, 0.15) is 0 Å². The van der Waals surface area contributed by atoms with Crippen molar-refractivity contribution in [1.29, 1.82) is 0 Å². The van der Waals surface area contributed by atoms with Gasteiger partial charge in [0.1, 0.15) is 0 Å². The second-order valence-corrected chi connectivity index (χ2v) is 4.54. The number of halogens is 1. The van der Waals surface area contributed by atoms with Gasteiger partial charge in [-0.25, -0.2) is 9.78 Å². The molecule has 0 unspecified atom stereocenters. The standard InChI is InChI=1S/C11H7ClN4OS/c12-7-3-1-6(2-4-7)8-5-9-13-10(18)14-11(17)16(9)15-8/h1-5,15H,(H,14,17,18). The summed E-state index contributed by atoms with van der Waals surface area (Å²) in [6.07, 6.45) is 0. The summed E-state index contributed by atoms with van der Waals surface area (Å²) >= 11 is 10.7. The molecular weight excluding hydrogens is 272 g/mol. The fraction of sp³-hybridized carbons (Fsp3) is 0. The van der Waals surface area contributed by atoms with Gasteiger partial charge in [-0.2, -0.15) is 4.52 Å². The SMILES string of the molecule is O=c1[nH]c(=S)nc2cc(-c3ccc(Cl)cc3)[nH]n12. The number of nitrogens with one attached hydrogen (secondary N) is 2. The third-order valence-corrected chi connectivity index (χ3v) is 2.97. The molecule has 2 aromatic heterocycles. The van der Waals surface area contributed by atoms with Gasteiger partial charge in [0, 0.05) is 11.1 Å². The normalized spacial score (nSPS) is 10.9. The average molecular weight is 279 g/mol. The van der Waals surface area contributed by atoms with Crippen molar-refractivity contribution >= 4 is 29.5 Å². The summed E-state index contributed by atoms with van der Waals surface area (Å²) in [4.78, 5) is 18.2. The zero-order valence-corrected chi connectivity index (χ0v) is 10.5. The van der Waals surface area contributed by atoms with Gasteiger partial charge in [-0.1, -0.05) is 23.7 Å². The molecule has 1 aromatic carbocycles. The molecule has 0 spiro atoms. The molecule has 2 heterocycles. The summed E-state index contributed by atoms with van der Waals surface area (Å²) < 4.78 is 1.47. The van der Waals surface area contributed by atoms with E-state index >= 15 is 0 Å². The molecule has 0 bridgehead atoms. The zero-order valence-electron chi connectivity index (χ0n) is 8.98. The van der Waals surface area contributed by atoms with E-state index in [0.717, 1.165) is 11.3 Å². The van der Waals surface area contributed by atoms with Crippen LogP contribution in [-0.4, -0.2) is 19.6 Å². The molecule has 2 N–H and O–H groups in total. The first-order chi connectivity index (χ1) is 8.63. The fourth-order valence-electron chi connectivity index (χ4n) is 1.70. The number of aromatic amines is 2. The summed E-state index contributed by atoms with van der Waals surface area (Å²) in [6, 6.07) is 9.04. The minimum atomic E-state index is -0.342. The van der Waals surface area contributed by atoms with Gasteiger partial charge >= 0.3 is 5.69 Å². The predicted molar refractivity (Wildman–Crippen MR) is 71.4 cm³/mol. The van der Waals surface area contributed by atoms with Crippen molar-refractivity contribution in [2.24, 2.45) is 0 Å². The Morgan fingerprint density at radius 1 is 1.28 bits per heavy atom. The molecule has 3 aromatic rings. The van der Waals surface area contributed by atoms with E-state index in [9.17, 15) is 4.79 Å². The minimum Gasteiger partial charge on any atom is -0.288 e. The lowest BCUT2D eigenvalue weighted by Gasteiger charge is -1.96. The van der Waals surface area contributed by atoms with Crippen LogP contribution in [0.2, 0.25) is 5.02 Å². The molecule has 0 saturated carbocycles. The Morgan fingerprint density at radius 3 is 2.72 bits per heavy atom. The average Bonchev–Trinajstić information content (AvgIpc) is 2.74. The van der Waals surface area contributed by atoms with E-state index in [-0.39, 0.29) is 10.5 Å². The second-order valence-electron chi connectivity index (χ2n) is 3.72. The first kappa shape index (κ1) is 11.2. The van der Waals surface area contributed by atoms with Gasteiger partial charge in [0.15, 0.2) is 5.65 Å². The largest absolute Gasteiger partial charge is 0.348 e. The lowest BCUT2D eigenvalue weighted by atomic mass is 10.2. The number of H-pyrrole nitrogens is 2. The molecule has 0 radical (unpaired) electrons. The van der Waals surface area contributed by atoms with Crippen LogP contribution in [0.25, 0.3) is 16.9 Å². The lowest BCUT2D eigenvalue weighted by Crippen LogP contribution is -2.18. The third kappa shape index (κ3) is 1.85. The summed E-state index contributed by atoms with van der Waals surface area (Å²) in [5, 5.41) is 3.61. The molecular formula is C11H7ClN4OS. The van der Waals surface area contributed by atoms with Crippen molar-refractivity contribution in [3.8, 4) is 11.3 Å². The summed E-state index contributed by atoms with van der Waals surface area (Å²) in [5.74, 6) is 0. The van der Waals surface area contributed by atoms with Gasteiger partial charge in [0.25, 0.3) is 0 Å². The van der Waals surface area contributed by atoms with Gasteiger partial charge in [-0.3, -0.25) is 10.1 Å². The molecule has 7 heteroatoms. The van der Waals surface area contributed by atoms with E-state index in [1.807, 2.05) is 12.1 Å². The second kappa shape index (κ2) is 4.08. The van der Waals surface area contributed by atoms with Crippen LogP contribution in [0.4, 0.5) is 0 Å². The Kier molecular flexibility index (Phi) is 2.53. The van der Waals surface area contributed by atoms with Gasteiger partial charge in [0.05, 0.1) is 5.69 Å². The van der Waals surface area contributed by atoms with Crippen molar-refractivity contribution in [3.63, 3.8) is 0 Å². The van der Waals surface area contributed by atoms with Crippen molar-refractivity contribution < 1.29 is 0 Å². The number of hydrogen-bond acceptors (Lipinski definition) is 3. The minimum absolute atomic E-state index is 0.168. The van der Waals surface area contributed by atoms with Crippen molar-refractivity contribution in [2.45, 2.75) is 0 Å². The monoisotopic (exact) mass is 278 g/mol. The molecule has 0 saturated heterocycles. The number of benzene rings is 1. The van der Waals surface area contributed by atoms with Crippen LogP contribution in [-0.2, 0) is 0 Å². The van der Waals surface area contributed by atoms with Gasteiger partial charge < -0.3 is 0 Å². The maximum Gasteiger partial charge on any atom is 0.348 e.